The van der Waals surface area contributed by atoms with Gasteiger partial charge in [0.25, 0.3) is 0 Å². The quantitative estimate of drug-likeness (QED) is 0.0840. The van der Waals surface area contributed by atoms with E-state index in [4.69, 9.17) is 46.4 Å². The molecule has 0 spiro atoms. The van der Waals surface area contributed by atoms with Gasteiger partial charge in [-0.3, -0.25) is 0 Å². The van der Waals surface area contributed by atoms with Gasteiger partial charge in [0.1, 0.15) is 0 Å². The molecule has 10 aromatic carbocycles. The fraction of sp³-hybridized carbons (Fsp3) is 0.0986. The van der Waals surface area contributed by atoms with Crippen molar-refractivity contribution >= 4 is 91.7 Å². The van der Waals surface area contributed by atoms with Crippen molar-refractivity contribution in [2.75, 3.05) is 5.34 Å². The van der Waals surface area contributed by atoms with Gasteiger partial charge in [0.2, 0.25) is 0 Å². The highest BCUT2D eigenvalue weighted by atomic mass is 35.5. The van der Waals surface area contributed by atoms with Gasteiger partial charge in [-0.1, -0.05) is 278 Å². The summed E-state index contributed by atoms with van der Waals surface area (Å²) in [6.45, 7) is 4.35. The molecule has 0 radical (unpaired) electrons. The SMILES string of the molecule is Cc1[nH]c2ccccc2c1[C@H](SC(c1ccccc1)(c1ccccc1)c1ccccc1)c1ccccc1Cl.Cc1[nH]c2ccccc2c1[C@H](SC(c1ccccc1)(c1ccccc1)c1ccccc1)c1ccccc1Cl.ClCCl. The second kappa shape index (κ2) is 25.9. The Morgan fingerprint density at radius 1 is 0.329 bits per heavy atom. The first-order chi connectivity index (χ1) is 38.8. The molecule has 8 heteroatoms. The summed E-state index contributed by atoms with van der Waals surface area (Å²) < 4.78 is -0.975. The van der Waals surface area contributed by atoms with Crippen LogP contribution in [-0.2, 0) is 9.49 Å². The Morgan fingerprint density at radius 3 is 0.823 bits per heavy atom. The van der Waals surface area contributed by atoms with Crippen LogP contribution in [0.3, 0.4) is 0 Å². The molecule has 0 aliphatic rings. The van der Waals surface area contributed by atoms with E-state index in [1.54, 1.807) is 0 Å². The fourth-order valence-corrected chi connectivity index (χ4v) is 15.5. The number of aromatic nitrogens is 2. The monoisotopic (exact) mass is 1140 g/mol. The summed E-state index contributed by atoms with van der Waals surface area (Å²) >= 11 is 27.4. The topological polar surface area (TPSA) is 31.6 Å². The highest BCUT2D eigenvalue weighted by molar-refractivity contribution is 8.01. The number of hydrogen-bond acceptors (Lipinski definition) is 2. The number of H-pyrrole nitrogens is 2. The molecule has 2 atom stereocenters. The smallest absolute Gasteiger partial charge is 0.0967 e. The number of fused-ring (bicyclic) bond motifs is 2. The van der Waals surface area contributed by atoms with E-state index in [1.165, 1.54) is 55.3 Å². The zero-order valence-corrected chi connectivity index (χ0v) is 48.4. The van der Waals surface area contributed by atoms with Crippen LogP contribution >= 0.6 is 69.9 Å². The van der Waals surface area contributed by atoms with Gasteiger partial charge in [0.05, 0.1) is 25.3 Å². The highest BCUT2D eigenvalue weighted by Crippen LogP contribution is 2.59. The molecule has 0 saturated heterocycles. The first-order valence-corrected chi connectivity index (χ1v) is 29.8. The minimum Gasteiger partial charge on any atom is -0.358 e. The first-order valence-electron chi connectivity index (χ1n) is 26.2. The van der Waals surface area contributed by atoms with Crippen molar-refractivity contribution in [2.45, 2.75) is 33.8 Å². The summed E-state index contributed by atoms with van der Waals surface area (Å²) in [7, 11) is 0. The van der Waals surface area contributed by atoms with E-state index in [1.807, 2.05) is 47.8 Å². The largest absolute Gasteiger partial charge is 0.358 e. The molecule has 0 aliphatic carbocycles. The van der Waals surface area contributed by atoms with Gasteiger partial charge in [-0.15, -0.1) is 46.7 Å². The van der Waals surface area contributed by atoms with Crippen LogP contribution in [0.25, 0.3) is 21.8 Å². The predicted molar refractivity (Wildman–Crippen MR) is 343 cm³/mol. The average molecular weight is 1150 g/mol. The number of aryl methyl sites for hydroxylation is 2. The van der Waals surface area contributed by atoms with Crippen LogP contribution in [0.5, 0.6) is 0 Å². The van der Waals surface area contributed by atoms with Crippen molar-refractivity contribution in [3.05, 3.63) is 356 Å². The van der Waals surface area contributed by atoms with E-state index in [0.29, 0.717) is 0 Å². The number of rotatable bonds is 14. The van der Waals surface area contributed by atoms with E-state index < -0.39 is 9.49 Å². The molecular formula is C71H58Cl4N2S2. The molecule has 0 saturated carbocycles. The van der Waals surface area contributed by atoms with Gasteiger partial charge in [-0.25, -0.2) is 0 Å². The molecule has 2 N–H and O–H groups in total. The lowest BCUT2D eigenvalue weighted by Gasteiger charge is -2.39. The number of benzene rings is 10. The molecule has 0 amide bonds. The number of alkyl halides is 2. The van der Waals surface area contributed by atoms with Crippen molar-refractivity contribution < 1.29 is 0 Å². The lowest BCUT2D eigenvalue weighted by atomic mass is 9.84. The summed E-state index contributed by atoms with van der Waals surface area (Å²) in [5.74, 6) is 0. The number of nitrogens with one attached hydrogen (secondary N) is 2. The maximum atomic E-state index is 6.98. The minimum atomic E-state index is -0.488. The zero-order chi connectivity index (χ0) is 54.6. The Bertz CT molecular complexity index is 3410. The van der Waals surface area contributed by atoms with Crippen molar-refractivity contribution in [3.8, 4) is 0 Å². The summed E-state index contributed by atoms with van der Waals surface area (Å²) in [5.41, 5.74) is 16.8. The summed E-state index contributed by atoms with van der Waals surface area (Å²) in [5, 5.41) is 4.12. The molecule has 0 bridgehead atoms. The third-order valence-electron chi connectivity index (χ3n) is 14.5. The third-order valence-corrected chi connectivity index (χ3v) is 18.7. The second-order valence-electron chi connectivity index (χ2n) is 19.1. The van der Waals surface area contributed by atoms with Crippen LogP contribution in [0.15, 0.2) is 279 Å². The molecule has 12 rings (SSSR count). The molecule has 2 nitrogen and oxygen atoms in total. The standard InChI is InChI=1S/2C35H28ClNS.CH2Cl2/c2*1-25-33(30-22-12-14-24-32(30)37-25)34(29-21-11-13-23-31(29)36)38-35(26-15-5-2-6-16-26,27-17-7-3-8-18-27)28-19-9-4-10-20-28;2-1-3/h2*2-24,34,37H,1H3;1H2/t2*34-;/m11./s1. The average Bonchev–Trinajstić information content (AvgIpc) is 4.22. The van der Waals surface area contributed by atoms with Crippen molar-refractivity contribution in [2.24, 2.45) is 0 Å². The molecule has 79 heavy (non-hydrogen) atoms. The van der Waals surface area contributed by atoms with Crippen LogP contribution in [0.2, 0.25) is 10.0 Å². The van der Waals surface area contributed by atoms with Gasteiger partial charge in [-0.2, -0.15) is 0 Å². The van der Waals surface area contributed by atoms with Gasteiger partial charge >= 0.3 is 0 Å². The Labute approximate surface area is 493 Å². The van der Waals surface area contributed by atoms with Gasteiger partial charge in [0.15, 0.2) is 0 Å². The normalized spacial score (nSPS) is 12.2. The van der Waals surface area contributed by atoms with E-state index >= 15 is 0 Å². The fourth-order valence-electron chi connectivity index (χ4n) is 11.0. The van der Waals surface area contributed by atoms with Crippen LogP contribution < -0.4 is 0 Å². The Morgan fingerprint density at radius 2 is 0.557 bits per heavy atom. The third kappa shape index (κ3) is 11.6. The molecule has 0 unspecified atom stereocenters. The Kier molecular flexibility index (Phi) is 18.2. The summed E-state index contributed by atoms with van der Waals surface area (Å²) in [6, 6.07) is 98.8. The summed E-state index contributed by atoms with van der Waals surface area (Å²) in [6.07, 6.45) is 0. The maximum absolute atomic E-state index is 6.98. The van der Waals surface area contributed by atoms with E-state index in [2.05, 4.69) is 279 Å². The second-order valence-corrected chi connectivity index (χ2v) is 23.4. The molecule has 0 aliphatic heterocycles. The highest BCUT2D eigenvalue weighted by Gasteiger charge is 2.43. The van der Waals surface area contributed by atoms with Crippen LogP contribution in [0, 0.1) is 13.8 Å². The lowest BCUT2D eigenvalue weighted by Crippen LogP contribution is -2.27. The molecule has 2 heterocycles. The number of hydrogen-bond donors (Lipinski definition) is 2. The Balaban J connectivity index is 0.000000170. The number of halogens is 4. The predicted octanol–water partition coefficient (Wildman–Crippen LogP) is 21.3. The van der Waals surface area contributed by atoms with Gasteiger partial charge in [0, 0.05) is 43.2 Å². The van der Waals surface area contributed by atoms with Crippen LogP contribution in [0.4, 0.5) is 0 Å². The van der Waals surface area contributed by atoms with Gasteiger partial charge in [-0.05, 0) is 93.7 Å². The van der Waals surface area contributed by atoms with Crippen molar-refractivity contribution in [3.63, 3.8) is 0 Å². The van der Waals surface area contributed by atoms with E-state index in [0.717, 1.165) is 43.6 Å². The van der Waals surface area contributed by atoms with E-state index in [-0.39, 0.29) is 15.8 Å². The van der Waals surface area contributed by atoms with Crippen LogP contribution in [0.1, 0.15) is 77.5 Å². The van der Waals surface area contributed by atoms with Crippen LogP contribution in [-0.4, -0.2) is 15.3 Å². The lowest BCUT2D eigenvalue weighted by molar-refractivity contribution is 0.885. The molecule has 2 aromatic heterocycles. The number of thioether (sulfide) groups is 2. The Hall–Kier alpha value is -6.86. The first kappa shape index (κ1) is 55.5. The van der Waals surface area contributed by atoms with Crippen molar-refractivity contribution in [1.29, 1.82) is 0 Å². The summed E-state index contributed by atoms with van der Waals surface area (Å²) in [4.78, 5) is 7.29. The number of aromatic amines is 2. The minimum absolute atomic E-state index is 0.0412. The van der Waals surface area contributed by atoms with Gasteiger partial charge < -0.3 is 9.97 Å². The molecule has 0 fully saturated rings. The zero-order valence-electron chi connectivity index (χ0n) is 43.7. The van der Waals surface area contributed by atoms with Crippen molar-refractivity contribution in [1.82, 2.24) is 9.97 Å². The number of para-hydroxylation sites is 2. The molecule has 392 valence electrons. The van der Waals surface area contributed by atoms with E-state index in [9.17, 15) is 0 Å². The maximum Gasteiger partial charge on any atom is 0.0967 e. The molecular weight excluding hydrogens is 1090 g/mol. The molecule has 12 aromatic rings.